The molecule has 0 radical (unpaired) electrons. The van der Waals surface area contributed by atoms with Gasteiger partial charge in [-0.1, -0.05) is 27.7 Å². The fourth-order valence-electron chi connectivity index (χ4n) is 8.39. The van der Waals surface area contributed by atoms with Crippen molar-refractivity contribution >= 4 is 17.7 Å². The summed E-state index contributed by atoms with van der Waals surface area (Å²) in [7, 11) is 0. The highest BCUT2D eigenvalue weighted by atomic mass is 16.6. The highest BCUT2D eigenvalue weighted by Crippen LogP contribution is 2.72. The lowest BCUT2D eigenvalue weighted by molar-refractivity contribution is -0.296. The second kappa shape index (κ2) is 7.00. The fourth-order valence-corrected chi connectivity index (χ4v) is 8.39. The molecule has 0 aromatic carbocycles. The van der Waals surface area contributed by atoms with E-state index in [1.165, 1.54) is 13.8 Å². The van der Waals surface area contributed by atoms with E-state index in [1.54, 1.807) is 6.92 Å². The van der Waals surface area contributed by atoms with Gasteiger partial charge in [-0.2, -0.15) is 0 Å². The van der Waals surface area contributed by atoms with Gasteiger partial charge in [-0.25, -0.2) is 0 Å². The van der Waals surface area contributed by atoms with Crippen LogP contribution >= 0.6 is 0 Å². The van der Waals surface area contributed by atoms with E-state index in [1.807, 2.05) is 6.92 Å². The number of esters is 2. The molecule has 4 saturated carbocycles. The zero-order valence-corrected chi connectivity index (χ0v) is 19.8. The Labute approximate surface area is 188 Å². The van der Waals surface area contributed by atoms with Crippen molar-refractivity contribution in [1.29, 1.82) is 0 Å². The van der Waals surface area contributed by atoms with Gasteiger partial charge in [0.15, 0.2) is 5.78 Å². The fraction of sp³-hybridized carbons (Fsp3) is 0.875. The van der Waals surface area contributed by atoms with Crippen molar-refractivity contribution in [2.75, 3.05) is 0 Å². The molecule has 0 aromatic rings. The molecule has 0 amide bonds. The van der Waals surface area contributed by atoms with Crippen molar-refractivity contribution in [3.05, 3.63) is 0 Å². The van der Waals surface area contributed by atoms with Gasteiger partial charge in [0.05, 0.1) is 17.6 Å². The third kappa shape index (κ3) is 2.69. The standard InChI is InChI=1S/C24H36O8/c1-11-19(28)24-16(27)9-15-21(4,5)8-7-17(32-13(3)26)22(15,6)18(24)14(31-12(2)25)10-23(11,30)20(24)29/h11,14-18,20,27,29-30H,7-10H2,1-6H3. The molecule has 10 atom stereocenters. The van der Waals surface area contributed by atoms with E-state index >= 15 is 0 Å². The van der Waals surface area contributed by atoms with Crippen molar-refractivity contribution in [2.24, 2.45) is 34.0 Å². The Kier molecular flexibility index (Phi) is 5.17. The Morgan fingerprint density at radius 3 is 2.22 bits per heavy atom. The number of Topliss-reactive ketones (excluding diaryl/α,β-unsaturated/α-hetero) is 1. The summed E-state index contributed by atoms with van der Waals surface area (Å²) in [5.74, 6) is -3.34. The number of aliphatic hydroxyl groups excluding tert-OH is 2. The molecule has 0 aliphatic heterocycles. The van der Waals surface area contributed by atoms with Gasteiger partial charge in [-0.15, -0.1) is 0 Å². The number of rotatable bonds is 2. The molecule has 0 saturated heterocycles. The topological polar surface area (TPSA) is 130 Å². The average Bonchev–Trinajstić information content (AvgIpc) is 2.75. The normalized spacial score (nSPS) is 51.4. The van der Waals surface area contributed by atoms with E-state index in [4.69, 9.17) is 9.47 Å². The van der Waals surface area contributed by atoms with Crippen LogP contribution in [-0.2, 0) is 23.9 Å². The molecule has 1 spiro atoms. The summed E-state index contributed by atoms with van der Waals surface area (Å²) < 4.78 is 11.5. The molecule has 4 rings (SSSR count). The van der Waals surface area contributed by atoms with Gasteiger partial charge >= 0.3 is 11.9 Å². The maximum absolute atomic E-state index is 13.8. The summed E-state index contributed by atoms with van der Waals surface area (Å²) in [5, 5.41) is 34.4. The van der Waals surface area contributed by atoms with Crippen molar-refractivity contribution in [3.8, 4) is 0 Å². The van der Waals surface area contributed by atoms with E-state index < -0.39 is 70.4 Å². The maximum Gasteiger partial charge on any atom is 0.302 e. The van der Waals surface area contributed by atoms with Gasteiger partial charge in [0, 0.05) is 37.5 Å². The first-order chi connectivity index (χ1) is 14.6. The minimum Gasteiger partial charge on any atom is -0.462 e. The number of ether oxygens (including phenoxy) is 2. The molecule has 8 heteroatoms. The Balaban J connectivity index is 1.99. The van der Waals surface area contributed by atoms with Crippen LogP contribution in [0.15, 0.2) is 0 Å². The van der Waals surface area contributed by atoms with Gasteiger partial charge in [-0.3, -0.25) is 14.4 Å². The van der Waals surface area contributed by atoms with Crippen LogP contribution < -0.4 is 0 Å². The van der Waals surface area contributed by atoms with Crippen LogP contribution in [-0.4, -0.2) is 63.1 Å². The lowest BCUT2D eigenvalue weighted by atomic mass is 9.38. The van der Waals surface area contributed by atoms with Gasteiger partial charge in [-0.05, 0) is 30.6 Å². The van der Waals surface area contributed by atoms with Gasteiger partial charge in [0.2, 0.25) is 0 Å². The van der Waals surface area contributed by atoms with Crippen molar-refractivity contribution in [2.45, 2.75) is 97.2 Å². The monoisotopic (exact) mass is 452 g/mol. The van der Waals surface area contributed by atoms with Crippen molar-refractivity contribution < 1.29 is 39.2 Å². The summed E-state index contributed by atoms with van der Waals surface area (Å²) in [6.45, 7) is 10.3. The van der Waals surface area contributed by atoms with Crippen LogP contribution in [0.25, 0.3) is 0 Å². The molecule has 4 aliphatic rings. The number of carbonyl (C=O) groups is 3. The summed E-state index contributed by atoms with van der Waals surface area (Å²) in [6.07, 6.45) is -2.81. The highest BCUT2D eigenvalue weighted by Gasteiger charge is 2.82. The first-order valence-corrected chi connectivity index (χ1v) is 11.6. The van der Waals surface area contributed by atoms with Crippen molar-refractivity contribution in [3.63, 3.8) is 0 Å². The number of hydrogen-bond donors (Lipinski definition) is 3. The SMILES string of the molecule is CC(=O)OC1CC2(O)C(C)C(=O)C3(C(O)CC4C(C)(C)CCC(OC(C)=O)C4(C)C13)C2O. The van der Waals surface area contributed by atoms with Crippen molar-refractivity contribution in [1.82, 2.24) is 0 Å². The molecule has 4 aliphatic carbocycles. The summed E-state index contributed by atoms with van der Waals surface area (Å²) >= 11 is 0. The molecule has 180 valence electrons. The molecule has 32 heavy (non-hydrogen) atoms. The van der Waals surface area contributed by atoms with Crippen LogP contribution in [0.3, 0.4) is 0 Å². The Morgan fingerprint density at radius 1 is 1.06 bits per heavy atom. The number of fused-ring (bicyclic) bond motifs is 3. The van der Waals surface area contributed by atoms with E-state index in [-0.39, 0.29) is 24.2 Å². The minimum absolute atomic E-state index is 0.116. The van der Waals surface area contributed by atoms with Crippen LogP contribution in [0.2, 0.25) is 0 Å². The highest BCUT2D eigenvalue weighted by molar-refractivity contribution is 5.94. The Hall–Kier alpha value is -1.51. The van der Waals surface area contributed by atoms with E-state index in [0.29, 0.717) is 6.42 Å². The first kappa shape index (κ1) is 23.6. The molecule has 3 N–H and O–H groups in total. The second-order valence-corrected chi connectivity index (χ2v) is 11.5. The minimum atomic E-state index is -1.81. The number of carbonyl (C=O) groups excluding carboxylic acids is 3. The lowest BCUT2D eigenvalue weighted by Crippen LogP contribution is -2.75. The van der Waals surface area contributed by atoms with Gasteiger partial charge in [0.1, 0.15) is 17.8 Å². The zero-order chi connectivity index (χ0) is 24.0. The van der Waals surface area contributed by atoms with E-state index in [9.17, 15) is 29.7 Å². The molecule has 0 aromatic heterocycles. The third-order valence-electron chi connectivity index (χ3n) is 9.66. The molecule has 0 heterocycles. The molecule has 4 fully saturated rings. The Morgan fingerprint density at radius 2 is 1.66 bits per heavy atom. The Bertz CT molecular complexity index is 853. The summed E-state index contributed by atoms with van der Waals surface area (Å²) in [4.78, 5) is 37.9. The van der Waals surface area contributed by atoms with E-state index in [2.05, 4.69) is 13.8 Å². The van der Waals surface area contributed by atoms with E-state index in [0.717, 1.165) is 6.42 Å². The molecular weight excluding hydrogens is 416 g/mol. The quantitative estimate of drug-likeness (QED) is 0.536. The van der Waals surface area contributed by atoms with Crippen LogP contribution in [0, 0.1) is 34.0 Å². The number of hydrogen-bond acceptors (Lipinski definition) is 8. The largest absolute Gasteiger partial charge is 0.462 e. The third-order valence-corrected chi connectivity index (χ3v) is 9.66. The predicted molar refractivity (Wildman–Crippen MR) is 112 cm³/mol. The lowest BCUT2D eigenvalue weighted by Gasteiger charge is -2.68. The predicted octanol–water partition coefficient (Wildman–Crippen LogP) is 1.37. The van der Waals surface area contributed by atoms with Crippen LogP contribution in [0.1, 0.15) is 67.2 Å². The maximum atomic E-state index is 13.8. The molecule has 8 nitrogen and oxygen atoms in total. The van der Waals surface area contributed by atoms with Crippen LogP contribution in [0.5, 0.6) is 0 Å². The van der Waals surface area contributed by atoms with Gasteiger partial charge < -0.3 is 24.8 Å². The smallest absolute Gasteiger partial charge is 0.302 e. The average molecular weight is 453 g/mol. The summed E-state index contributed by atoms with van der Waals surface area (Å²) in [5.41, 5.74) is -4.63. The first-order valence-electron chi connectivity index (χ1n) is 11.6. The van der Waals surface area contributed by atoms with Gasteiger partial charge in [0.25, 0.3) is 0 Å². The summed E-state index contributed by atoms with van der Waals surface area (Å²) in [6, 6.07) is 0. The number of ketones is 1. The zero-order valence-electron chi connectivity index (χ0n) is 19.8. The molecule has 2 bridgehead atoms. The number of aliphatic hydroxyl groups is 3. The van der Waals surface area contributed by atoms with Crippen LogP contribution in [0.4, 0.5) is 0 Å². The molecule has 10 unspecified atom stereocenters. The second-order valence-electron chi connectivity index (χ2n) is 11.5. The molecular formula is C24H36O8.